The quantitative estimate of drug-likeness (QED) is 0.879. The van der Waals surface area contributed by atoms with Gasteiger partial charge in [0.2, 0.25) is 0 Å². The van der Waals surface area contributed by atoms with E-state index in [1.165, 1.54) is 38.2 Å². The van der Waals surface area contributed by atoms with Gasteiger partial charge in [0, 0.05) is 50.5 Å². The Morgan fingerprint density at radius 3 is 2.84 bits per heavy atom. The van der Waals surface area contributed by atoms with E-state index < -0.39 is 0 Å². The molecule has 0 unspecified atom stereocenters. The molecule has 2 saturated heterocycles. The molecule has 0 bridgehead atoms. The summed E-state index contributed by atoms with van der Waals surface area (Å²) >= 11 is 0. The van der Waals surface area contributed by atoms with Crippen LogP contribution >= 0.6 is 0 Å². The highest BCUT2D eigenvalue weighted by molar-refractivity contribution is 5.61. The lowest BCUT2D eigenvalue weighted by molar-refractivity contribution is 0.0174. The van der Waals surface area contributed by atoms with Crippen LogP contribution in [0.1, 0.15) is 18.4 Å². The lowest BCUT2D eigenvalue weighted by atomic mass is 9.75. The minimum Gasteiger partial charge on any atom is -0.384 e. The van der Waals surface area contributed by atoms with Crippen LogP contribution in [0.25, 0.3) is 0 Å². The van der Waals surface area contributed by atoms with Crippen molar-refractivity contribution in [3.05, 3.63) is 29.8 Å². The monoisotopic (exact) mass is 258 g/mol. The summed E-state index contributed by atoms with van der Waals surface area (Å²) in [5.41, 5.74) is 3.30. The topological polar surface area (TPSA) is 24.5 Å². The van der Waals surface area contributed by atoms with Crippen LogP contribution in [0.15, 0.2) is 24.3 Å². The highest BCUT2D eigenvalue weighted by Gasteiger charge is 2.48. The molecule has 1 spiro atoms. The Morgan fingerprint density at radius 1 is 1.21 bits per heavy atom. The standard InChI is InChI=1S/C16H22N2O/c1-2-4-15-14(3-1)16(10-17-15)11-18(12-16)9-13-5-7-19-8-6-13/h1-4,13,17H,5-12H2. The Labute approximate surface area is 114 Å². The van der Waals surface area contributed by atoms with Gasteiger partial charge in [0.1, 0.15) is 0 Å². The van der Waals surface area contributed by atoms with Crippen molar-refractivity contribution in [2.45, 2.75) is 18.3 Å². The molecule has 0 amide bonds. The zero-order chi connectivity index (χ0) is 12.7. The van der Waals surface area contributed by atoms with E-state index in [9.17, 15) is 0 Å². The van der Waals surface area contributed by atoms with Crippen molar-refractivity contribution in [3.63, 3.8) is 0 Å². The largest absolute Gasteiger partial charge is 0.384 e. The van der Waals surface area contributed by atoms with Gasteiger partial charge in [0.25, 0.3) is 0 Å². The van der Waals surface area contributed by atoms with Crippen LogP contribution < -0.4 is 5.32 Å². The minimum atomic E-state index is 0.405. The highest BCUT2D eigenvalue weighted by Crippen LogP contribution is 2.43. The van der Waals surface area contributed by atoms with Crippen LogP contribution in [0.2, 0.25) is 0 Å². The van der Waals surface area contributed by atoms with E-state index in [4.69, 9.17) is 4.74 Å². The predicted octanol–water partition coefficient (Wildman–Crippen LogP) is 2.09. The van der Waals surface area contributed by atoms with Crippen molar-refractivity contribution in [1.29, 1.82) is 0 Å². The third kappa shape index (κ3) is 1.96. The van der Waals surface area contributed by atoms with Gasteiger partial charge in [-0.05, 0) is 30.4 Å². The maximum atomic E-state index is 5.44. The van der Waals surface area contributed by atoms with Crippen LogP contribution in [-0.4, -0.2) is 44.3 Å². The molecule has 1 N–H and O–H groups in total. The maximum absolute atomic E-state index is 5.44. The predicted molar refractivity (Wildman–Crippen MR) is 76.6 cm³/mol. The van der Waals surface area contributed by atoms with Crippen LogP contribution in [0.3, 0.4) is 0 Å². The fraction of sp³-hybridized carbons (Fsp3) is 0.625. The molecular formula is C16H22N2O. The number of ether oxygens (including phenoxy) is 1. The Kier molecular flexibility index (Phi) is 2.78. The van der Waals surface area contributed by atoms with Crippen molar-refractivity contribution < 1.29 is 4.74 Å². The van der Waals surface area contributed by atoms with Gasteiger partial charge in [0.15, 0.2) is 0 Å². The number of nitrogens with one attached hydrogen (secondary N) is 1. The Bertz CT molecular complexity index is 462. The van der Waals surface area contributed by atoms with Gasteiger partial charge in [-0.2, -0.15) is 0 Å². The molecule has 3 heterocycles. The first-order chi connectivity index (χ1) is 9.36. The molecule has 3 aliphatic heterocycles. The van der Waals surface area contributed by atoms with Crippen molar-refractivity contribution in [2.24, 2.45) is 5.92 Å². The van der Waals surface area contributed by atoms with E-state index in [0.29, 0.717) is 5.41 Å². The Balaban J connectivity index is 1.40. The third-order valence-electron chi connectivity index (χ3n) is 5.03. The number of nitrogens with zero attached hydrogens (tertiary/aromatic N) is 1. The molecule has 102 valence electrons. The SMILES string of the molecule is c1ccc2c(c1)NCC21CN(CC2CCOCC2)C1. The van der Waals surface area contributed by atoms with Crippen LogP contribution in [0, 0.1) is 5.92 Å². The molecule has 3 aliphatic rings. The summed E-state index contributed by atoms with van der Waals surface area (Å²) in [5, 5.41) is 3.57. The fourth-order valence-corrected chi connectivity index (χ4v) is 3.97. The maximum Gasteiger partial charge on any atom is 0.0469 e. The fourth-order valence-electron chi connectivity index (χ4n) is 3.97. The highest BCUT2D eigenvalue weighted by atomic mass is 16.5. The number of rotatable bonds is 2. The van der Waals surface area contributed by atoms with Gasteiger partial charge in [-0.15, -0.1) is 0 Å². The normalized spacial score (nSPS) is 25.9. The van der Waals surface area contributed by atoms with E-state index in [2.05, 4.69) is 34.5 Å². The van der Waals surface area contributed by atoms with E-state index in [1.807, 2.05) is 0 Å². The summed E-state index contributed by atoms with van der Waals surface area (Å²) < 4.78 is 5.44. The molecule has 1 aromatic rings. The van der Waals surface area contributed by atoms with E-state index in [1.54, 1.807) is 5.56 Å². The molecular weight excluding hydrogens is 236 g/mol. The second-order valence-corrected chi connectivity index (χ2v) is 6.40. The first-order valence-corrected chi connectivity index (χ1v) is 7.49. The van der Waals surface area contributed by atoms with Gasteiger partial charge >= 0.3 is 0 Å². The van der Waals surface area contributed by atoms with Gasteiger partial charge in [0.05, 0.1) is 0 Å². The molecule has 1 aromatic carbocycles. The first-order valence-electron chi connectivity index (χ1n) is 7.49. The molecule has 2 fully saturated rings. The van der Waals surface area contributed by atoms with E-state index >= 15 is 0 Å². The summed E-state index contributed by atoms with van der Waals surface area (Å²) in [6.07, 6.45) is 2.50. The average Bonchev–Trinajstić information content (AvgIpc) is 2.80. The molecule has 0 saturated carbocycles. The first kappa shape index (κ1) is 11.7. The lowest BCUT2D eigenvalue weighted by Gasteiger charge is -2.49. The lowest BCUT2D eigenvalue weighted by Crippen LogP contribution is -2.61. The zero-order valence-electron chi connectivity index (χ0n) is 11.4. The van der Waals surface area contributed by atoms with E-state index in [-0.39, 0.29) is 0 Å². The van der Waals surface area contributed by atoms with Crippen molar-refractivity contribution in [2.75, 3.05) is 44.7 Å². The Morgan fingerprint density at radius 2 is 2.00 bits per heavy atom. The van der Waals surface area contributed by atoms with Crippen molar-refractivity contribution in [3.8, 4) is 0 Å². The molecule has 0 aliphatic carbocycles. The third-order valence-corrected chi connectivity index (χ3v) is 5.03. The van der Waals surface area contributed by atoms with E-state index in [0.717, 1.165) is 25.7 Å². The molecule has 0 radical (unpaired) electrons. The number of para-hydroxylation sites is 1. The number of likely N-dealkylation sites (tertiary alicyclic amines) is 1. The molecule has 3 heteroatoms. The second-order valence-electron chi connectivity index (χ2n) is 6.40. The van der Waals surface area contributed by atoms with Crippen molar-refractivity contribution >= 4 is 5.69 Å². The minimum absolute atomic E-state index is 0.405. The van der Waals surface area contributed by atoms with Crippen LogP contribution in [-0.2, 0) is 10.2 Å². The van der Waals surface area contributed by atoms with Gasteiger partial charge in [-0.1, -0.05) is 18.2 Å². The molecule has 19 heavy (non-hydrogen) atoms. The summed E-state index contributed by atoms with van der Waals surface area (Å²) in [6, 6.07) is 8.82. The number of anilines is 1. The molecule has 4 rings (SSSR count). The molecule has 0 atom stereocenters. The summed E-state index contributed by atoms with van der Waals surface area (Å²) in [4.78, 5) is 2.64. The smallest absolute Gasteiger partial charge is 0.0469 e. The summed E-state index contributed by atoms with van der Waals surface area (Å²) in [7, 11) is 0. The zero-order valence-corrected chi connectivity index (χ0v) is 11.4. The van der Waals surface area contributed by atoms with Crippen molar-refractivity contribution in [1.82, 2.24) is 4.90 Å². The van der Waals surface area contributed by atoms with Gasteiger partial charge in [-0.25, -0.2) is 0 Å². The van der Waals surface area contributed by atoms with Gasteiger partial charge in [-0.3, -0.25) is 0 Å². The number of fused-ring (bicyclic) bond motifs is 2. The summed E-state index contributed by atoms with van der Waals surface area (Å²) in [6.45, 7) is 6.79. The summed E-state index contributed by atoms with van der Waals surface area (Å²) in [5.74, 6) is 0.857. The number of benzene rings is 1. The number of hydrogen-bond acceptors (Lipinski definition) is 3. The Hall–Kier alpha value is -1.06. The average molecular weight is 258 g/mol. The van der Waals surface area contributed by atoms with Gasteiger partial charge < -0.3 is 15.0 Å². The molecule has 0 aromatic heterocycles. The second kappa shape index (κ2) is 4.50. The van der Waals surface area contributed by atoms with Crippen LogP contribution in [0.5, 0.6) is 0 Å². The number of hydrogen-bond donors (Lipinski definition) is 1. The van der Waals surface area contributed by atoms with Crippen LogP contribution in [0.4, 0.5) is 5.69 Å². The molecule has 3 nitrogen and oxygen atoms in total.